The third-order valence-electron chi connectivity index (χ3n) is 3.73. The fourth-order valence-corrected chi connectivity index (χ4v) is 2.47. The van der Waals surface area contributed by atoms with Crippen LogP contribution in [0.1, 0.15) is 5.69 Å². The summed E-state index contributed by atoms with van der Waals surface area (Å²) >= 11 is 0. The minimum Gasteiger partial charge on any atom is -0.481 e. The van der Waals surface area contributed by atoms with E-state index in [1.807, 2.05) is 6.20 Å². The molecular formula is C14H20N6O. The van der Waals surface area contributed by atoms with Gasteiger partial charge in [-0.25, -0.2) is 9.97 Å². The third kappa shape index (κ3) is 3.49. The van der Waals surface area contributed by atoms with Gasteiger partial charge < -0.3 is 14.6 Å². The van der Waals surface area contributed by atoms with Crippen molar-refractivity contribution in [3.63, 3.8) is 0 Å². The van der Waals surface area contributed by atoms with E-state index in [0.717, 1.165) is 45.1 Å². The first-order valence-electron chi connectivity index (χ1n) is 7.17. The molecule has 0 bridgehead atoms. The minimum absolute atomic E-state index is 0.613. The van der Waals surface area contributed by atoms with Gasteiger partial charge in [-0.3, -0.25) is 4.90 Å². The maximum absolute atomic E-state index is 5.15. The van der Waals surface area contributed by atoms with Crippen molar-refractivity contribution in [3.05, 3.63) is 30.5 Å². The molecule has 0 amide bonds. The molecule has 0 atom stereocenters. The van der Waals surface area contributed by atoms with Crippen molar-refractivity contribution < 1.29 is 4.74 Å². The largest absolute Gasteiger partial charge is 0.481 e. The first-order chi connectivity index (χ1) is 10.3. The molecule has 0 unspecified atom stereocenters. The number of nitrogens with one attached hydrogen (secondary N) is 1. The summed E-state index contributed by atoms with van der Waals surface area (Å²) in [5.41, 5.74) is 1.19. The third-order valence-corrected chi connectivity index (χ3v) is 3.73. The van der Waals surface area contributed by atoms with Gasteiger partial charge in [0.05, 0.1) is 13.4 Å². The number of hydrogen-bond acceptors (Lipinski definition) is 6. The second-order valence-corrected chi connectivity index (χ2v) is 5.05. The lowest BCUT2D eigenvalue weighted by Gasteiger charge is -2.34. The van der Waals surface area contributed by atoms with Gasteiger partial charge in [-0.1, -0.05) is 0 Å². The van der Waals surface area contributed by atoms with E-state index in [4.69, 9.17) is 4.74 Å². The number of nitrogens with zero attached hydrogens (tertiary/aromatic N) is 5. The number of rotatable bonds is 5. The van der Waals surface area contributed by atoms with Gasteiger partial charge in [0.15, 0.2) is 0 Å². The van der Waals surface area contributed by atoms with Crippen molar-refractivity contribution in [3.8, 4) is 5.88 Å². The van der Waals surface area contributed by atoms with Gasteiger partial charge in [0.25, 0.3) is 0 Å². The lowest BCUT2D eigenvalue weighted by molar-refractivity contribution is 0.259. The number of imidazole rings is 1. The maximum Gasteiger partial charge on any atom is 0.228 e. The molecule has 21 heavy (non-hydrogen) atoms. The van der Waals surface area contributed by atoms with Crippen molar-refractivity contribution in [1.29, 1.82) is 0 Å². The smallest absolute Gasteiger partial charge is 0.228 e. The molecule has 1 fully saturated rings. The Hall–Kier alpha value is -2.15. The molecule has 3 heterocycles. The molecule has 1 saturated heterocycles. The predicted molar refractivity (Wildman–Crippen MR) is 79.5 cm³/mol. The fraction of sp³-hybridized carbons (Fsp3) is 0.500. The summed E-state index contributed by atoms with van der Waals surface area (Å²) in [6, 6.07) is 1.77. The Balaban J connectivity index is 1.50. The number of aromatic amines is 1. The molecule has 0 aliphatic carbocycles. The Kier molecular flexibility index (Phi) is 4.30. The molecule has 0 radical (unpaired) electrons. The van der Waals surface area contributed by atoms with Crippen LogP contribution in [0, 0.1) is 0 Å². The molecule has 112 valence electrons. The fourth-order valence-electron chi connectivity index (χ4n) is 2.47. The highest BCUT2D eigenvalue weighted by atomic mass is 16.5. The first kappa shape index (κ1) is 13.8. The number of methoxy groups -OCH3 is 1. The minimum atomic E-state index is 0.613. The van der Waals surface area contributed by atoms with Crippen molar-refractivity contribution in [2.45, 2.75) is 6.42 Å². The van der Waals surface area contributed by atoms with E-state index in [1.165, 1.54) is 5.69 Å². The maximum atomic E-state index is 5.15. The molecule has 7 nitrogen and oxygen atoms in total. The Bertz CT molecular complexity index is 550. The monoisotopic (exact) mass is 288 g/mol. The van der Waals surface area contributed by atoms with Gasteiger partial charge in [0, 0.05) is 63.3 Å². The highest BCUT2D eigenvalue weighted by molar-refractivity contribution is 5.32. The molecule has 7 heteroatoms. The lowest BCUT2D eigenvalue weighted by Crippen LogP contribution is -2.47. The highest BCUT2D eigenvalue weighted by Crippen LogP contribution is 2.14. The summed E-state index contributed by atoms with van der Waals surface area (Å²) in [5.74, 6) is 1.37. The number of aromatic nitrogens is 4. The second-order valence-electron chi connectivity index (χ2n) is 5.05. The summed E-state index contributed by atoms with van der Waals surface area (Å²) in [5, 5.41) is 0. The van der Waals surface area contributed by atoms with Crippen molar-refractivity contribution in [2.75, 3.05) is 44.7 Å². The molecule has 1 aliphatic rings. The molecule has 1 aliphatic heterocycles. The van der Waals surface area contributed by atoms with Crippen LogP contribution < -0.4 is 9.64 Å². The van der Waals surface area contributed by atoms with E-state index in [-0.39, 0.29) is 0 Å². The molecule has 0 aromatic carbocycles. The summed E-state index contributed by atoms with van der Waals surface area (Å²) < 4.78 is 5.15. The van der Waals surface area contributed by atoms with E-state index in [2.05, 4.69) is 29.7 Å². The Labute approximate surface area is 124 Å². The first-order valence-corrected chi connectivity index (χ1v) is 7.17. The second kappa shape index (κ2) is 6.53. The molecule has 0 spiro atoms. The zero-order valence-corrected chi connectivity index (χ0v) is 12.2. The van der Waals surface area contributed by atoms with Crippen LogP contribution in [0.4, 0.5) is 5.95 Å². The van der Waals surface area contributed by atoms with E-state index >= 15 is 0 Å². The van der Waals surface area contributed by atoms with E-state index in [9.17, 15) is 0 Å². The van der Waals surface area contributed by atoms with Crippen molar-refractivity contribution in [1.82, 2.24) is 24.8 Å². The lowest BCUT2D eigenvalue weighted by atomic mass is 10.2. The topological polar surface area (TPSA) is 70.2 Å². The summed E-state index contributed by atoms with van der Waals surface area (Å²) in [7, 11) is 1.62. The Morgan fingerprint density at radius 3 is 2.86 bits per heavy atom. The molecule has 0 saturated carbocycles. The highest BCUT2D eigenvalue weighted by Gasteiger charge is 2.19. The van der Waals surface area contributed by atoms with Crippen molar-refractivity contribution >= 4 is 5.95 Å². The van der Waals surface area contributed by atoms with Crippen LogP contribution in [0.2, 0.25) is 0 Å². The van der Waals surface area contributed by atoms with Crippen LogP contribution >= 0.6 is 0 Å². The number of H-pyrrole nitrogens is 1. The Morgan fingerprint density at radius 2 is 2.14 bits per heavy atom. The van der Waals surface area contributed by atoms with E-state index in [1.54, 1.807) is 25.7 Å². The van der Waals surface area contributed by atoms with Gasteiger partial charge in [0.1, 0.15) is 0 Å². The van der Waals surface area contributed by atoms with Gasteiger partial charge in [-0.2, -0.15) is 4.98 Å². The molecule has 2 aromatic rings. The average molecular weight is 288 g/mol. The Morgan fingerprint density at radius 1 is 1.29 bits per heavy atom. The normalized spacial score (nSPS) is 16.1. The number of hydrogen-bond donors (Lipinski definition) is 1. The van der Waals surface area contributed by atoms with E-state index in [0.29, 0.717) is 5.88 Å². The standard InChI is InChI=1S/C14H20N6O/c1-21-13-2-4-16-14(18-13)20-8-6-19(7-9-20)5-3-12-10-15-11-17-12/h2,4,10-11H,3,5-9H2,1H3,(H,15,17). The molecule has 3 rings (SSSR count). The van der Waals surface area contributed by atoms with Crippen LogP contribution in [0.15, 0.2) is 24.8 Å². The average Bonchev–Trinajstić information content (AvgIpc) is 3.07. The van der Waals surface area contributed by atoms with E-state index < -0.39 is 0 Å². The SMILES string of the molecule is COc1ccnc(N2CCN(CCc3cnc[nH]3)CC2)n1. The van der Waals surface area contributed by atoms with Gasteiger partial charge in [-0.15, -0.1) is 0 Å². The summed E-state index contributed by atoms with van der Waals surface area (Å²) in [4.78, 5) is 20.6. The number of ether oxygens (including phenoxy) is 1. The summed E-state index contributed by atoms with van der Waals surface area (Å²) in [6.45, 7) is 4.98. The van der Waals surface area contributed by atoms with Crippen LogP contribution in [0.25, 0.3) is 0 Å². The van der Waals surface area contributed by atoms with Crippen LogP contribution in [-0.2, 0) is 6.42 Å². The van der Waals surface area contributed by atoms with Crippen LogP contribution in [-0.4, -0.2) is 64.7 Å². The van der Waals surface area contributed by atoms with Crippen molar-refractivity contribution in [2.24, 2.45) is 0 Å². The van der Waals surface area contributed by atoms with Gasteiger partial charge in [0.2, 0.25) is 11.8 Å². The quantitative estimate of drug-likeness (QED) is 0.867. The van der Waals surface area contributed by atoms with Gasteiger partial charge in [-0.05, 0) is 0 Å². The molecular weight excluding hydrogens is 268 g/mol. The number of anilines is 1. The van der Waals surface area contributed by atoms with Gasteiger partial charge >= 0.3 is 0 Å². The summed E-state index contributed by atoms with van der Waals surface area (Å²) in [6.07, 6.45) is 6.37. The number of piperazine rings is 1. The molecule has 2 aromatic heterocycles. The molecule has 1 N–H and O–H groups in total. The van der Waals surface area contributed by atoms with Crippen LogP contribution in [0.3, 0.4) is 0 Å². The zero-order valence-electron chi connectivity index (χ0n) is 12.2. The zero-order chi connectivity index (χ0) is 14.5. The van der Waals surface area contributed by atoms with Crippen LogP contribution in [0.5, 0.6) is 5.88 Å². The predicted octanol–water partition coefficient (Wildman–Crippen LogP) is 0.573.